The number of carbonyl (C=O) groups is 2. The summed E-state index contributed by atoms with van der Waals surface area (Å²) < 4.78 is 19.7. The molecule has 1 aromatic carbocycles. The van der Waals surface area contributed by atoms with Crippen molar-refractivity contribution in [1.29, 1.82) is 0 Å². The van der Waals surface area contributed by atoms with E-state index in [9.17, 15) is 14.0 Å². The summed E-state index contributed by atoms with van der Waals surface area (Å²) in [6.45, 7) is 0.667. The van der Waals surface area contributed by atoms with Crippen molar-refractivity contribution in [3.05, 3.63) is 65.0 Å². The van der Waals surface area contributed by atoms with Gasteiger partial charge in [0.05, 0.1) is 17.1 Å². The fourth-order valence-electron chi connectivity index (χ4n) is 2.47. The first-order chi connectivity index (χ1) is 13.0. The highest BCUT2D eigenvalue weighted by Crippen LogP contribution is 2.21. The second kappa shape index (κ2) is 8.15. The molecule has 0 fully saturated rings. The first kappa shape index (κ1) is 18.8. The number of carbonyl (C=O) groups excluding carboxylic acids is 2. The van der Waals surface area contributed by atoms with E-state index in [0.717, 1.165) is 6.07 Å². The first-order valence-corrected chi connectivity index (χ1v) is 8.39. The van der Waals surface area contributed by atoms with Crippen molar-refractivity contribution in [3.8, 4) is 0 Å². The van der Waals surface area contributed by atoms with E-state index >= 15 is 0 Å². The van der Waals surface area contributed by atoms with Crippen LogP contribution in [-0.4, -0.2) is 41.5 Å². The van der Waals surface area contributed by atoms with Gasteiger partial charge in [-0.05, 0) is 30.3 Å². The van der Waals surface area contributed by atoms with E-state index in [1.54, 1.807) is 24.4 Å². The van der Waals surface area contributed by atoms with Crippen LogP contribution in [0.5, 0.6) is 0 Å². The van der Waals surface area contributed by atoms with E-state index < -0.39 is 17.6 Å². The smallest absolute Gasteiger partial charge is 0.287 e. The number of methoxy groups -OCH3 is 1. The normalized spacial score (nSPS) is 10.8. The summed E-state index contributed by atoms with van der Waals surface area (Å²) in [7, 11) is 1.53. The van der Waals surface area contributed by atoms with Crippen LogP contribution >= 0.6 is 11.6 Å². The van der Waals surface area contributed by atoms with Gasteiger partial charge < -0.3 is 15.4 Å². The van der Waals surface area contributed by atoms with Crippen LogP contribution in [0.15, 0.2) is 42.6 Å². The Morgan fingerprint density at radius 3 is 2.81 bits per heavy atom. The number of imidazole rings is 1. The maximum atomic E-state index is 13.3. The summed E-state index contributed by atoms with van der Waals surface area (Å²) in [5, 5.41) is 5.16. The number of halogens is 2. The molecule has 0 saturated heterocycles. The lowest BCUT2D eigenvalue weighted by Crippen LogP contribution is -2.28. The molecule has 0 atom stereocenters. The van der Waals surface area contributed by atoms with Gasteiger partial charge in [-0.2, -0.15) is 0 Å². The van der Waals surface area contributed by atoms with E-state index in [0.29, 0.717) is 24.4 Å². The van der Waals surface area contributed by atoms with E-state index in [-0.39, 0.29) is 16.5 Å². The molecule has 0 radical (unpaired) electrons. The molecule has 0 aliphatic rings. The summed E-state index contributed by atoms with van der Waals surface area (Å²) in [6.07, 6.45) is 1.64. The topological polar surface area (TPSA) is 84.7 Å². The molecule has 2 N–H and O–H groups in total. The Morgan fingerprint density at radius 1 is 1.26 bits per heavy atom. The van der Waals surface area contributed by atoms with Gasteiger partial charge in [0.15, 0.2) is 5.69 Å². The van der Waals surface area contributed by atoms with Crippen molar-refractivity contribution in [3.63, 3.8) is 0 Å². The minimum Gasteiger partial charge on any atom is -0.383 e. The SMILES string of the molecule is COCCNC(=O)c1nc(C(=O)Nc2ccc(F)c(Cl)c2)c2ccccn12. The van der Waals surface area contributed by atoms with E-state index in [1.165, 1.54) is 23.6 Å². The number of amides is 2. The number of hydrogen-bond acceptors (Lipinski definition) is 4. The molecule has 0 unspecified atom stereocenters. The second-order valence-electron chi connectivity index (χ2n) is 5.57. The van der Waals surface area contributed by atoms with E-state index in [2.05, 4.69) is 15.6 Å². The average molecular weight is 391 g/mol. The molecule has 3 aromatic rings. The van der Waals surface area contributed by atoms with Crippen molar-refractivity contribution >= 4 is 34.6 Å². The highest BCUT2D eigenvalue weighted by Gasteiger charge is 2.21. The largest absolute Gasteiger partial charge is 0.383 e. The van der Waals surface area contributed by atoms with Crippen molar-refractivity contribution in [1.82, 2.24) is 14.7 Å². The van der Waals surface area contributed by atoms with Gasteiger partial charge in [0.2, 0.25) is 5.82 Å². The fourth-order valence-corrected chi connectivity index (χ4v) is 2.66. The van der Waals surface area contributed by atoms with Gasteiger partial charge in [-0.15, -0.1) is 0 Å². The summed E-state index contributed by atoms with van der Waals surface area (Å²) >= 11 is 5.74. The summed E-state index contributed by atoms with van der Waals surface area (Å²) in [6, 6.07) is 8.96. The summed E-state index contributed by atoms with van der Waals surface area (Å²) in [5.41, 5.74) is 0.836. The van der Waals surface area contributed by atoms with Crippen molar-refractivity contribution in [2.24, 2.45) is 0 Å². The third-order valence-corrected chi connectivity index (χ3v) is 4.03. The van der Waals surface area contributed by atoms with Crippen LogP contribution in [0.25, 0.3) is 5.52 Å². The Bertz CT molecular complexity index is 1010. The quantitative estimate of drug-likeness (QED) is 0.634. The summed E-state index contributed by atoms with van der Waals surface area (Å²) in [5.74, 6) is -1.49. The van der Waals surface area contributed by atoms with Gasteiger partial charge in [-0.3, -0.25) is 14.0 Å². The van der Waals surface area contributed by atoms with Crippen molar-refractivity contribution < 1.29 is 18.7 Å². The Morgan fingerprint density at radius 2 is 2.07 bits per heavy atom. The number of nitrogens with one attached hydrogen (secondary N) is 2. The molecule has 2 amide bonds. The molecule has 2 heterocycles. The maximum absolute atomic E-state index is 13.3. The molecule has 0 bridgehead atoms. The van der Waals surface area contributed by atoms with Crippen LogP contribution in [0.4, 0.5) is 10.1 Å². The van der Waals surface area contributed by atoms with Crippen LogP contribution in [0.2, 0.25) is 5.02 Å². The van der Waals surface area contributed by atoms with Crippen LogP contribution in [0, 0.1) is 5.82 Å². The lowest BCUT2D eigenvalue weighted by atomic mass is 10.2. The Labute approximate surface area is 159 Å². The van der Waals surface area contributed by atoms with Gasteiger partial charge in [0, 0.05) is 25.5 Å². The van der Waals surface area contributed by atoms with Gasteiger partial charge in [-0.25, -0.2) is 9.37 Å². The van der Waals surface area contributed by atoms with Crippen LogP contribution in [-0.2, 0) is 4.74 Å². The molecular weight excluding hydrogens is 375 g/mol. The van der Waals surface area contributed by atoms with Gasteiger partial charge in [-0.1, -0.05) is 17.7 Å². The van der Waals surface area contributed by atoms with Crippen LogP contribution in [0.3, 0.4) is 0 Å². The molecule has 7 nitrogen and oxygen atoms in total. The Kier molecular flexibility index (Phi) is 5.68. The second-order valence-corrected chi connectivity index (χ2v) is 5.98. The predicted octanol–water partition coefficient (Wildman–Crippen LogP) is 2.76. The average Bonchev–Trinajstić information content (AvgIpc) is 3.05. The molecule has 27 heavy (non-hydrogen) atoms. The number of ether oxygens (including phenoxy) is 1. The molecule has 0 aliphatic carbocycles. The number of fused-ring (bicyclic) bond motifs is 1. The molecule has 9 heteroatoms. The van der Waals surface area contributed by atoms with Crippen LogP contribution < -0.4 is 10.6 Å². The number of rotatable bonds is 6. The van der Waals surface area contributed by atoms with Crippen molar-refractivity contribution in [2.75, 3.05) is 25.6 Å². The van der Waals surface area contributed by atoms with E-state index in [4.69, 9.17) is 16.3 Å². The van der Waals surface area contributed by atoms with Gasteiger partial charge in [0.1, 0.15) is 5.82 Å². The molecule has 0 aliphatic heterocycles. The number of benzene rings is 1. The van der Waals surface area contributed by atoms with Crippen molar-refractivity contribution in [2.45, 2.75) is 0 Å². The number of hydrogen-bond donors (Lipinski definition) is 2. The third-order valence-electron chi connectivity index (χ3n) is 3.74. The van der Waals surface area contributed by atoms with E-state index in [1.807, 2.05) is 0 Å². The minimum absolute atomic E-state index is 0.0629. The monoisotopic (exact) mass is 390 g/mol. The zero-order valence-electron chi connectivity index (χ0n) is 14.3. The highest BCUT2D eigenvalue weighted by molar-refractivity contribution is 6.31. The minimum atomic E-state index is -0.586. The molecule has 0 spiro atoms. The zero-order valence-corrected chi connectivity index (χ0v) is 15.1. The number of nitrogens with zero attached hydrogens (tertiary/aromatic N) is 2. The zero-order chi connectivity index (χ0) is 19.4. The molecule has 2 aromatic heterocycles. The lowest BCUT2D eigenvalue weighted by Gasteiger charge is -2.04. The van der Waals surface area contributed by atoms with Gasteiger partial charge in [0.25, 0.3) is 11.8 Å². The third kappa shape index (κ3) is 4.07. The first-order valence-electron chi connectivity index (χ1n) is 8.02. The lowest BCUT2D eigenvalue weighted by molar-refractivity contribution is 0.0926. The van der Waals surface area contributed by atoms with Gasteiger partial charge >= 0.3 is 0 Å². The molecule has 0 saturated carbocycles. The van der Waals surface area contributed by atoms with Crippen LogP contribution in [0.1, 0.15) is 21.1 Å². The highest BCUT2D eigenvalue weighted by atomic mass is 35.5. The molecule has 140 valence electrons. The maximum Gasteiger partial charge on any atom is 0.287 e. The predicted molar refractivity (Wildman–Crippen MR) is 98.8 cm³/mol. The number of pyridine rings is 1. The number of anilines is 1. The number of aromatic nitrogens is 2. The molecule has 3 rings (SSSR count). The fraction of sp³-hybridized carbons (Fsp3) is 0.167. The summed E-state index contributed by atoms with van der Waals surface area (Å²) in [4.78, 5) is 29.2. The standard InChI is InChI=1S/C18H16ClFN4O3/c1-27-9-7-21-18(26)16-23-15(14-4-2-3-8-24(14)16)17(25)22-11-5-6-13(20)12(19)10-11/h2-6,8,10H,7,9H2,1H3,(H,21,26)(H,22,25). The Hall–Kier alpha value is -2.97. The molecular formula is C18H16ClFN4O3. The Balaban J connectivity index is 1.90.